The van der Waals surface area contributed by atoms with Crippen molar-refractivity contribution in [2.24, 2.45) is 0 Å². The van der Waals surface area contributed by atoms with E-state index in [-0.39, 0.29) is 18.4 Å². The summed E-state index contributed by atoms with van der Waals surface area (Å²) in [6.07, 6.45) is 0.685. The van der Waals surface area contributed by atoms with Crippen molar-refractivity contribution in [2.45, 2.75) is 6.42 Å². The number of nitrogens with one attached hydrogen (secondary N) is 2. The van der Waals surface area contributed by atoms with Crippen molar-refractivity contribution in [3.8, 4) is 0 Å². The second kappa shape index (κ2) is 8.70. The van der Waals surface area contributed by atoms with Gasteiger partial charge in [-0.05, 0) is 52.2 Å². The quantitative estimate of drug-likeness (QED) is 0.789. The van der Waals surface area contributed by atoms with Gasteiger partial charge in [0.25, 0.3) is 5.91 Å². The second-order valence-electron chi connectivity index (χ2n) is 4.89. The number of hydrogen-bond acceptors (Lipinski definition) is 2. The van der Waals surface area contributed by atoms with E-state index in [1.165, 1.54) is 0 Å². The molecule has 2 amide bonds. The Balaban J connectivity index is 1.73. The lowest BCUT2D eigenvalue weighted by Gasteiger charge is -2.08. The molecule has 4 nitrogen and oxygen atoms in total. The topological polar surface area (TPSA) is 58.2 Å². The second-order valence-corrected chi connectivity index (χ2v) is 6.18. The molecule has 0 fully saturated rings. The van der Waals surface area contributed by atoms with E-state index in [9.17, 15) is 9.59 Å². The number of benzene rings is 2. The van der Waals surface area contributed by atoms with Crippen LogP contribution in [-0.4, -0.2) is 24.9 Å². The third-order valence-corrected chi connectivity index (χ3v) is 4.08. The van der Waals surface area contributed by atoms with E-state index >= 15 is 0 Å². The van der Waals surface area contributed by atoms with Crippen LogP contribution in [0.3, 0.4) is 0 Å². The zero-order valence-corrected chi connectivity index (χ0v) is 14.7. The summed E-state index contributed by atoms with van der Waals surface area (Å²) < 4.78 is 0.693. The molecule has 0 aliphatic carbocycles. The van der Waals surface area contributed by atoms with Crippen LogP contribution < -0.4 is 10.6 Å². The van der Waals surface area contributed by atoms with E-state index in [1.807, 2.05) is 24.3 Å². The highest BCUT2D eigenvalue weighted by atomic mass is 79.9. The molecular formula is C17H16BrClN2O2. The average Bonchev–Trinajstić information content (AvgIpc) is 2.53. The summed E-state index contributed by atoms with van der Waals surface area (Å²) >= 11 is 9.21. The van der Waals surface area contributed by atoms with E-state index in [0.29, 0.717) is 28.0 Å². The van der Waals surface area contributed by atoms with Gasteiger partial charge in [0.2, 0.25) is 5.91 Å². The zero-order chi connectivity index (χ0) is 16.7. The first-order chi connectivity index (χ1) is 11.1. The number of carbonyl (C=O) groups excluding carboxylic acids is 2. The minimum atomic E-state index is -0.289. The van der Waals surface area contributed by atoms with Crippen LogP contribution in [0.2, 0.25) is 5.02 Å². The van der Waals surface area contributed by atoms with Gasteiger partial charge in [-0.1, -0.05) is 35.9 Å². The van der Waals surface area contributed by atoms with Crippen LogP contribution in [0.15, 0.2) is 53.0 Å². The predicted molar refractivity (Wildman–Crippen MR) is 94.6 cm³/mol. The third-order valence-electron chi connectivity index (χ3n) is 3.15. The van der Waals surface area contributed by atoms with Crippen LogP contribution in [0.5, 0.6) is 0 Å². The Kier molecular flexibility index (Phi) is 6.62. The van der Waals surface area contributed by atoms with E-state index in [0.717, 1.165) is 5.56 Å². The fourth-order valence-electron chi connectivity index (χ4n) is 2.00. The van der Waals surface area contributed by atoms with Gasteiger partial charge in [-0.3, -0.25) is 9.59 Å². The van der Waals surface area contributed by atoms with Crippen molar-refractivity contribution in [2.75, 3.05) is 13.1 Å². The summed E-state index contributed by atoms with van der Waals surface area (Å²) in [5.74, 6) is -0.519. The molecule has 0 heterocycles. The summed E-state index contributed by atoms with van der Waals surface area (Å²) in [5, 5.41) is 6.03. The predicted octanol–water partition coefficient (Wildman–Crippen LogP) is 3.19. The van der Waals surface area contributed by atoms with Gasteiger partial charge >= 0.3 is 0 Å². The summed E-state index contributed by atoms with van der Waals surface area (Å²) in [5.41, 5.74) is 1.55. The van der Waals surface area contributed by atoms with Crippen LogP contribution in [-0.2, 0) is 11.2 Å². The highest BCUT2D eigenvalue weighted by Gasteiger charge is 2.10. The smallest absolute Gasteiger partial charge is 0.252 e. The lowest BCUT2D eigenvalue weighted by Crippen LogP contribution is -2.37. The number of rotatable bonds is 6. The van der Waals surface area contributed by atoms with Crippen LogP contribution in [0, 0.1) is 0 Å². The maximum Gasteiger partial charge on any atom is 0.252 e. The SMILES string of the molecule is O=C(CNC(=O)c1ccccc1Br)NCCc1cccc(Cl)c1. The Bertz CT molecular complexity index is 706. The molecule has 0 aliphatic rings. The molecule has 0 atom stereocenters. The van der Waals surface area contributed by atoms with Crippen LogP contribution in [0.25, 0.3) is 0 Å². The van der Waals surface area contributed by atoms with Crippen molar-refractivity contribution in [3.63, 3.8) is 0 Å². The molecule has 120 valence electrons. The molecule has 0 radical (unpaired) electrons. The lowest BCUT2D eigenvalue weighted by atomic mass is 10.1. The van der Waals surface area contributed by atoms with E-state index in [2.05, 4.69) is 26.6 Å². The van der Waals surface area contributed by atoms with Gasteiger partial charge in [-0.2, -0.15) is 0 Å². The van der Waals surface area contributed by atoms with Gasteiger partial charge in [0, 0.05) is 16.0 Å². The Labute approximate surface area is 148 Å². The van der Waals surface area contributed by atoms with Crippen molar-refractivity contribution >= 4 is 39.3 Å². The number of hydrogen-bond donors (Lipinski definition) is 2. The monoisotopic (exact) mass is 394 g/mol. The summed E-state index contributed by atoms with van der Waals surface area (Å²) in [6.45, 7) is 0.430. The molecule has 0 unspecified atom stereocenters. The van der Waals surface area contributed by atoms with E-state index in [4.69, 9.17) is 11.6 Å². The van der Waals surface area contributed by atoms with Gasteiger partial charge in [0.15, 0.2) is 0 Å². The Morgan fingerprint density at radius 1 is 1.04 bits per heavy atom. The first-order valence-electron chi connectivity index (χ1n) is 7.10. The zero-order valence-electron chi connectivity index (χ0n) is 12.3. The standard InChI is InChI=1S/C17H16BrClN2O2/c18-15-7-2-1-6-14(15)17(23)21-11-16(22)20-9-8-12-4-3-5-13(19)10-12/h1-7,10H,8-9,11H2,(H,20,22)(H,21,23). The normalized spacial score (nSPS) is 10.2. The molecule has 6 heteroatoms. The number of amides is 2. The number of carbonyl (C=O) groups is 2. The Morgan fingerprint density at radius 2 is 1.83 bits per heavy atom. The molecule has 2 N–H and O–H groups in total. The summed E-state index contributed by atoms with van der Waals surface area (Å²) in [7, 11) is 0. The maximum absolute atomic E-state index is 12.0. The highest BCUT2D eigenvalue weighted by Crippen LogP contribution is 2.15. The molecular weight excluding hydrogens is 380 g/mol. The molecule has 0 spiro atoms. The summed E-state index contributed by atoms with van der Waals surface area (Å²) in [6, 6.07) is 14.6. The highest BCUT2D eigenvalue weighted by molar-refractivity contribution is 9.10. The molecule has 2 aromatic rings. The minimum absolute atomic E-state index is 0.0598. The maximum atomic E-state index is 12.0. The van der Waals surface area contributed by atoms with Crippen molar-refractivity contribution in [1.29, 1.82) is 0 Å². The minimum Gasteiger partial charge on any atom is -0.354 e. The Hall–Kier alpha value is -1.85. The van der Waals surface area contributed by atoms with Crippen molar-refractivity contribution in [3.05, 3.63) is 69.2 Å². The molecule has 0 aromatic heterocycles. The van der Waals surface area contributed by atoms with Crippen molar-refractivity contribution < 1.29 is 9.59 Å². The van der Waals surface area contributed by atoms with E-state index in [1.54, 1.807) is 24.3 Å². The lowest BCUT2D eigenvalue weighted by molar-refractivity contribution is -0.120. The van der Waals surface area contributed by atoms with Gasteiger partial charge < -0.3 is 10.6 Å². The van der Waals surface area contributed by atoms with Gasteiger partial charge in [0.05, 0.1) is 12.1 Å². The molecule has 2 rings (SSSR count). The van der Waals surface area contributed by atoms with Gasteiger partial charge in [-0.15, -0.1) is 0 Å². The molecule has 23 heavy (non-hydrogen) atoms. The first-order valence-corrected chi connectivity index (χ1v) is 8.27. The third kappa shape index (κ3) is 5.69. The molecule has 0 bridgehead atoms. The van der Waals surface area contributed by atoms with Gasteiger partial charge in [0.1, 0.15) is 0 Å². The fourth-order valence-corrected chi connectivity index (χ4v) is 2.68. The first kappa shape index (κ1) is 17.5. The Morgan fingerprint density at radius 3 is 2.57 bits per heavy atom. The summed E-state index contributed by atoms with van der Waals surface area (Å²) in [4.78, 5) is 23.7. The largest absolute Gasteiger partial charge is 0.354 e. The van der Waals surface area contributed by atoms with E-state index < -0.39 is 0 Å². The fraction of sp³-hybridized carbons (Fsp3) is 0.176. The number of halogens is 2. The molecule has 0 saturated heterocycles. The van der Waals surface area contributed by atoms with Crippen LogP contribution in [0.1, 0.15) is 15.9 Å². The van der Waals surface area contributed by atoms with Crippen LogP contribution in [0.4, 0.5) is 0 Å². The average molecular weight is 396 g/mol. The molecule has 0 aliphatic heterocycles. The van der Waals surface area contributed by atoms with Crippen molar-refractivity contribution in [1.82, 2.24) is 10.6 Å². The van der Waals surface area contributed by atoms with Gasteiger partial charge in [-0.25, -0.2) is 0 Å². The van der Waals surface area contributed by atoms with Crippen LogP contribution >= 0.6 is 27.5 Å². The molecule has 2 aromatic carbocycles. The molecule has 0 saturated carbocycles.